The molecule has 0 saturated heterocycles. The van der Waals surface area contributed by atoms with Gasteiger partial charge in [-0.25, -0.2) is 9.78 Å². The van der Waals surface area contributed by atoms with Crippen molar-refractivity contribution in [1.29, 1.82) is 0 Å². The maximum atomic E-state index is 13.6. The van der Waals surface area contributed by atoms with Crippen LogP contribution in [0.5, 0.6) is 5.88 Å². The lowest BCUT2D eigenvalue weighted by molar-refractivity contribution is -0.137. The number of hydrogen-bond donors (Lipinski definition) is 2. The number of benzene rings is 2. The van der Waals surface area contributed by atoms with Gasteiger partial charge < -0.3 is 25.0 Å². The minimum Gasteiger partial charge on any atom is -0.472 e. The van der Waals surface area contributed by atoms with E-state index < -0.39 is 29.9 Å². The number of pyridine rings is 1. The van der Waals surface area contributed by atoms with E-state index >= 15 is 0 Å². The first-order valence-corrected chi connectivity index (χ1v) is 13.5. The van der Waals surface area contributed by atoms with Gasteiger partial charge in [-0.15, -0.1) is 0 Å². The second kappa shape index (κ2) is 13.1. The summed E-state index contributed by atoms with van der Waals surface area (Å²) in [5.41, 5.74) is 1.30. The molecule has 1 aromatic heterocycles. The molecule has 42 heavy (non-hydrogen) atoms. The largest absolute Gasteiger partial charge is 0.472 e. The van der Waals surface area contributed by atoms with Crippen molar-refractivity contribution in [2.24, 2.45) is 5.92 Å². The fraction of sp³-hybridized carbons (Fsp3) is 0.323. The highest BCUT2D eigenvalue weighted by Crippen LogP contribution is 2.30. The van der Waals surface area contributed by atoms with Gasteiger partial charge in [0.05, 0.1) is 24.8 Å². The average molecular weight is 583 g/mol. The Hall–Kier alpha value is -4.38. The number of aliphatic hydroxyl groups is 1. The van der Waals surface area contributed by atoms with E-state index in [2.05, 4.69) is 10.3 Å². The Morgan fingerprint density at radius 3 is 2.48 bits per heavy atom. The van der Waals surface area contributed by atoms with Crippen LogP contribution in [0.15, 0.2) is 66.9 Å². The van der Waals surface area contributed by atoms with E-state index in [4.69, 9.17) is 4.74 Å². The molecule has 2 heterocycles. The molecule has 1 aliphatic rings. The fourth-order valence-corrected chi connectivity index (χ4v) is 4.50. The van der Waals surface area contributed by atoms with E-state index in [1.54, 1.807) is 31.1 Å². The molecule has 8 nitrogen and oxygen atoms in total. The Bertz CT molecular complexity index is 1410. The number of aromatic nitrogens is 1. The Balaban J connectivity index is 1.55. The number of carbonyl (C=O) groups is 2. The minimum atomic E-state index is -4.48. The highest BCUT2D eigenvalue weighted by Gasteiger charge is 2.35. The van der Waals surface area contributed by atoms with Gasteiger partial charge in [-0.3, -0.25) is 4.79 Å². The summed E-state index contributed by atoms with van der Waals surface area (Å²) >= 11 is 0. The van der Waals surface area contributed by atoms with Crippen molar-refractivity contribution in [2.45, 2.75) is 32.2 Å². The topological polar surface area (TPSA) is 95.0 Å². The summed E-state index contributed by atoms with van der Waals surface area (Å²) in [5.74, 6) is -0.482. The van der Waals surface area contributed by atoms with Crippen molar-refractivity contribution in [1.82, 2.24) is 14.8 Å². The van der Waals surface area contributed by atoms with E-state index in [0.29, 0.717) is 5.56 Å². The van der Waals surface area contributed by atoms with Crippen LogP contribution >= 0.6 is 0 Å². The van der Waals surface area contributed by atoms with Crippen LogP contribution in [0.3, 0.4) is 0 Å². The summed E-state index contributed by atoms with van der Waals surface area (Å²) in [4.78, 5) is 33.9. The molecule has 2 aromatic carbocycles. The first-order valence-electron chi connectivity index (χ1n) is 13.5. The summed E-state index contributed by atoms with van der Waals surface area (Å²) in [6, 6.07) is 14.5. The van der Waals surface area contributed by atoms with Gasteiger partial charge in [-0.2, -0.15) is 13.2 Å². The summed E-state index contributed by atoms with van der Waals surface area (Å²) in [6.45, 7) is 3.73. The fourth-order valence-electron chi connectivity index (χ4n) is 4.50. The zero-order valence-corrected chi connectivity index (χ0v) is 23.5. The summed E-state index contributed by atoms with van der Waals surface area (Å²) in [5, 5.41) is 12.5. The molecule has 0 aliphatic carbocycles. The molecule has 2 N–H and O–H groups in total. The Morgan fingerprint density at radius 2 is 1.83 bits per heavy atom. The van der Waals surface area contributed by atoms with Gasteiger partial charge in [0.1, 0.15) is 11.7 Å². The number of amides is 3. The monoisotopic (exact) mass is 582 g/mol. The van der Waals surface area contributed by atoms with Crippen molar-refractivity contribution in [2.75, 3.05) is 32.1 Å². The first kappa shape index (κ1) is 30.6. The number of carbonyl (C=O) groups excluding carboxylic acids is 2. The highest BCUT2D eigenvalue weighted by molar-refractivity contribution is 5.97. The molecule has 222 valence electrons. The molecule has 0 saturated carbocycles. The van der Waals surface area contributed by atoms with Gasteiger partial charge in [-0.05, 0) is 48.4 Å². The summed E-state index contributed by atoms with van der Waals surface area (Å²) in [6.07, 6.45) is 0.272. The number of anilines is 1. The van der Waals surface area contributed by atoms with Gasteiger partial charge in [-0.1, -0.05) is 49.4 Å². The van der Waals surface area contributed by atoms with Crippen molar-refractivity contribution in [3.63, 3.8) is 0 Å². The van der Waals surface area contributed by atoms with Gasteiger partial charge >= 0.3 is 12.2 Å². The van der Waals surface area contributed by atoms with Crippen LogP contribution in [0.4, 0.5) is 23.7 Å². The number of urea groups is 1. The predicted octanol–water partition coefficient (Wildman–Crippen LogP) is 5.65. The van der Waals surface area contributed by atoms with Crippen LogP contribution in [0.1, 0.15) is 40.9 Å². The number of likely N-dealkylation sites (N-methyl/N-ethyl adjacent to an activating group) is 1. The van der Waals surface area contributed by atoms with Gasteiger partial charge in [0.2, 0.25) is 5.88 Å². The molecular formula is C31H33F3N4O4. The van der Waals surface area contributed by atoms with E-state index in [9.17, 15) is 27.9 Å². The number of alkyl halides is 3. The molecule has 11 heteroatoms. The van der Waals surface area contributed by atoms with E-state index in [-0.39, 0.29) is 48.7 Å². The van der Waals surface area contributed by atoms with Gasteiger partial charge in [0.15, 0.2) is 0 Å². The van der Waals surface area contributed by atoms with Crippen molar-refractivity contribution >= 4 is 29.8 Å². The second-order valence-corrected chi connectivity index (χ2v) is 10.4. The third-order valence-electron chi connectivity index (χ3n) is 7.07. The van der Waals surface area contributed by atoms with E-state index in [1.807, 2.05) is 49.4 Å². The standard InChI is InChI=1S/C31H33F3N4O4/c1-20-17-38(21(2)19-39)29(40)26-15-23(10-9-22-7-5-4-6-8-22)16-35-28(26)42-27(20)18-37(3)30(41)36-25-13-11-24(12-14-25)31(32,33)34/h4-16,20-21,27,39H,17-19H2,1-3H3,(H,36,41)/b10-9+/t20-,21+,27+/m0/s1. The van der Waals surface area contributed by atoms with Gasteiger partial charge in [0.25, 0.3) is 5.91 Å². The van der Waals surface area contributed by atoms with Crippen LogP contribution < -0.4 is 10.1 Å². The van der Waals surface area contributed by atoms with Crippen LogP contribution in [-0.4, -0.2) is 70.7 Å². The third-order valence-corrected chi connectivity index (χ3v) is 7.07. The molecule has 1 aliphatic heterocycles. The number of hydrogen-bond acceptors (Lipinski definition) is 5. The molecule has 0 spiro atoms. The van der Waals surface area contributed by atoms with Crippen LogP contribution in [0, 0.1) is 5.92 Å². The van der Waals surface area contributed by atoms with Crippen molar-refractivity contribution in [3.8, 4) is 5.88 Å². The molecule has 0 radical (unpaired) electrons. The van der Waals surface area contributed by atoms with Crippen LogP contribution in [-0.2, 0) is 6.18 Å². The maximum absolute atomic E-state index is 13.6. The Labute approximate surface area is 242 Å². The van der Waals surface area contributed by atoms with Crippen molar-refractivity contribution in [3.05, 3.63) is 89.1 Å². The minimum absolute atomic E-state index is 0.0972. The van der Waals surface area contributed by atoms with Crippen LogP contribution in [0.2, 0.25) is 0 Å². The molecule has 3 atom stereocenters. The molecule has 0 fully saturated rings. The average Bonchev–Trinajstić information content (AvgIpc) is 2.97. The number of nitrogens with one attached hydrogen (secondary N) is 1. The molecule has 4 rings (SSSR count). The lowest BCUT2D eigenvalue weighted by Gasteiger charge is -2.37. The summed E-state index contributed by atoms with van der Waals surface area (Å²) in [7, 11) is 1.54. The van der Waals surface area contributed by atoms with E-state index in [0.717, 1.165) is 17.7 Å². The smallest absolute Gasteiger partial charge is 0.416 e. The highest BCUT2D eigenvalue weighted by atomic mass is 19.4. The number of fused-ring (bicyclic) bond motifs is 1. The molecule has 3 amide bonds. The predicted molar refractivity (Wildman–Crippen MR) is 154 cm³/mol. The number of aliphatic hydroxyl groups excluding tert-OH is 1. The lowest BCUT2D eigenvalue weighted by atomic mass is 10.00. The molecular weight excluding hydrogens is 549 g/mol. The zero-order chi connectivity index (χ0) is 30.4. The Kier molecular flexibility index (Phi) is 9.52. The third kappa shape index (κ3) is 7.47. The lowest BCUT2D eigenvalue weighted by Crippen LogP contribution is -2.50. The Morgan fingerprint density at radius 1 is 1.17 bits per heavy atom. The number of rotatable bonds is 7. The first-order chi connectivity index (χ1) is 20.0. The molecule has 3 aromatic rings. The number of ether oxygens (including phenoxy) is 1. The van der Waals surface area contributed by atoms with Crippen molar-refractivity contribution < 1.29 is 32.6 Å². The molecule has 0 unspecified atom stereocenters. The second-order valence-electron chi connectivity index (χ2n) is 10.4. The quantitative estimate of drug-likeness (QED) is 0.375. The van der Waals surface area contributed by atoms with E-state index in [1.165, 1.54) is 17.0 Å². The summed E-state index contributed by atoms with van der Waals surface area (Å²) < 4.78 is 44.9. The van der Waals surface area contributed by atoms with Crippen LogP contribution in [0.25, 0.3) is 12.2 Å². The molecule has 0 bridgehead atoms. The SMILES string of the molecule is C[C@H](CO)N1C[C@H](C)[C@@H](CN(C)C(=O)Nc2ccc(C(F)(F)F)cc2)Oc2ncc(/C=C/c3ccccc3)cc2C1=O. The number of nitrogens with zero attached hydrogens (tertiary/aromatic N) is 3. The van der Waals surface area contributed by atoms with Gasteiger partial charge in [0, 0.05) is 31.4 Å². The maximum Gasteiger partial charge on any atom is 0.416 e. The zero-order valence-electron chi connectivity index (χ0n) is 23.5. The normalized spacial score (nSPS) is 18.1. The number of halogens is 3.